The highest BCUT2D eigenvalue weighted by molar-refractivity contribution is 6.23. The van der Waals surface area contributed by atoms with Crippen LogP contribution in [-0.4, -0.2) is 0 Å². The Bertz CT molecular complexity index is 3040. The molecule has 1 heteroatoms. The molecule has 244 valence electrons. The van der Waals surface area contributed by atoms with Gasteiger partial charge in [0.05, 0.1) is 0 Å². The summed E-state index contributed by atoms with van der Waals surface area (Å²) in [4.78, 5) is 0. The Morgan fingerprint density at radius 1 is 0.365 bits per heavy atom. The third kappa shape index (κ3) is 4.11. The summed E-state index contributed by atoms with van der Waals surface area (Å²) >= 11 is 0. The fraction of sp³-hybridized carbons (Fsp3) is 0.0588. The van der Waals surface area contributed by atoms with E-state index in [2.05, 4.69) is 178 Å². The summed E-state index contributed by atoms with van der Waals surface area (Å²) in [5, 5.41) is 9.80. The minimum absolute atomic E-state index is 0.0388. The lowest BCUT2D eigenvalue weighted by Crippen LogP contribution is -2.14. The summed E-state index contributed by atoms with van der Waals surface area (Å²) in [6.07, 6.45) is 0. The van der Waals surface area contributed by atoms with E-state index in [1.165, 1.54) is 93.3 Å². The molecule has 0 unspecified atom stereocenters. The number of rotatable bonds is 3. The van der Waals surface area contributed by atoms with Gasteiger partial charge in [0.25, 0.3) is 0 Å². The SMILES string of the molecule is CC1(C)c2ccccc2-c2ccc(-c3cccc(-c4c5ccccc5c(-c5ccc6c(ccc7oc8ccccc8c76)c5)c5ccccc45)c3)cc21. The first-order valence-corrected chi connectivity index (χ1v) is 18.2. The zero-order chi connectivity index (χ0) is 34.6. The van der Waals surface area contributed by atoms with E-state index in [1.54, 1.807) is 0 Å². The first-order valence-electron chi connectivity index (χ1n) is 18.2. The summed E-state index contributed by atoms with van der Waals surface area (Å²) < 4.78 is 6.22. The Morgan fingerprint density at radius 2 is 0.942 bits per heavy atom. The van der Waals surface area contributed by atoms with Crippen LogP contribution in [0, 0.1) is 0 Å². The molecule has 52 heavy (non-hydrogen) atoms. The Labute approximate surface area is 302 Å². The zero-order valence-corrected chi connectivity index (χ0v) is 29.1. The maximum absolute atomic E-state index is 6.22. The number of fused-ring (bicyclic) bond motifs is 10. The number of hydrogen-bond donors (Lipinski definition) is 0. The van der Waals surface area contributed by atoms with Gasteiger partial charge >= 0.3 is 0 Å². The topological polar surface area (TPSA) is 13.1 Å². The molecule has 0 atom stereocenters. The molecule has 11 rings (SSSR count). The van der Waals surface area contributed by atoms with E-state index >= 15 is 0 Å². The second-order valence-electron chi connectivity index (χ2n) is 14.8. The predicted octanol–water partition coefficient (Wildman–Crippen LogP) is 14.4. The van der Waals surface area contributed by atoms with Crippen LogP contribution in [0.25, 0.3) is 98.8 Å². The Kier molecular flexibility index (Phi) is 6.08. The number of hydrogen-bond acceptors (Lipinski definition) is 1. The minimum atomic E-state index is -0.0388. The molecule has 0 bridgehead atoms. The average molecular weight is 663 g/mol. The molecular formula is C51H34O. The third-order valence-corrected chi connectivity index (χ3v) is 11.6. The van der Waals surface area contributed by atoms with E-state index in [0.717, 1.165) is 16.6 Å². The van der Waals surface area contributed by atoms with Crippen LogP contribution in [0.5, 0.6) is 0 Å². The molecule has 0 fully saturated rings. The molecular weight excluding hydrogens is 629 g/mol. The molecule has 9 aromatic carbocycles. The van der Waals surface area contributed by atoms with Crippen LogP contribution in [0.2, 0.25) is 0 Å². The molecule has 0 amide bonds. The second kappa shape index (κ2) is 10.8. The van der Waals surface area contributed by atoms with Crippen molar-refractivity contribution in [2.45, 2.75) is 19.3 Å². The molecule has 0 spiro atoms. The highest BCUT2D eigenvalue weighted by Gasteiger charge is 2.35. The first-order chi connectivity index (χ1) is 25.5. The van der Waals surface area contributed by atoms with Gasteiger partial charge in [0, 0.05) is 16.2 Å². The molecule has 0 saturated carbocycles. The summed E-state index contributed by atoms with van der Waals surface area (Å²) in [6.45, 7) is 4.71. The Hall–Kier alpha value is -6.44. The van der Waals surface area contributed by atoms with Gasteiger partial charge in [0.2, 0.25) is 0 Å². The van der Waals surface area contributed by atoms with Gasteiger partial charge in [0.1, 0.15) is 11.2 Å². The second-order valence-corrected chi connectivity index (χ2v) is 14.8. The lowest BCUT2D eigenvalue weighted by atomic mass is 9.81. The Morgan fingerprint density at radius 3 is 1.69 bits per heavy atom. The van der Waals surface area contributed by atoms with Crippen molar-refractivity contribution >= 4 is 54.3 Å². The van der Waals surface area contributed by atoms with E-state index in [0.29, 0.717) is 0 Å². The van der Waals surface area contributed by atoms with Crippen LogP contribution in [0.15, 0.2) is 174 Å². The van der Waals surface area contributed by atoms with Gasteiger partial charge < -0.3 is 4.42 Å². The van der Waals surface area contributed by atoms with Crippen LogP contribution in [0.3, 0.4) is 0 Å². The van der Waals surface area contributed by atoms with Crippen molar-refractivity contribution in [1.82, 2.24) is 0 Å². The largest absolute Gasteiger partial charge is 0.456 e. The molecule has 1 nitrogen and oxygen atoms in total. The normalized spacial score (nSPS) is 13.3. The van der Waals surface area contributed by atoms with Crippen LogP contribution >= 0.6 is 0 Å². The van der Waals surface area contributed by atoms with Crippen LogP contribution < -0.4 is 0 Å². The quantitative estimate of drug-likeness (QED) is 0.172. The van der Waals surface area contributed by atoms with Gasteiger partial charge in [-0.1, -0.05) is 153 Å². The monoisotopic (exact) mass is 662 g/mol. The summed E-state index contributed by atoms with van der Waals surface area (Å²) in [7, 11) is 0. The molecule has 10 aromatic rings. The molecule has 0 N–H and O–H groups in total. The summed E-state index contributed by atoms with van der Waals surface area (Å²) in [5.41, 5.74) is 14.8. The van der Waals surface area contributed by atoms with Crippen molar-refractivity contribution in [2.75, 3.05) is 0 Å². The molecule has 1 aromatic heterocycles. The molecule has 1 aliphatic rings. The first kappa shape index (κ1) is 29.3. The van der Waals surface area contributed by atoms with Crippen LogP contribution in [-0.2, 0) is 5.41 Å². The summed E-state index contributed by atoms with van der Waals surface area (Å²) in [5.74, 6) is 0. The maximum Gasteiger partial charge on any atom is 0.136 e. The van der Waals surface area contributed by atoms with Crippen molar-refractivity contribution < 1.29 is 4.42 Å². The molecule has 1 aliphatic carbocycles. The summed E-state index contributed by atoms with van der Waals surface area (Å²) in [6, 6.07) is 62.5. The predicted molar refractivity (Wildman–Crippen MR) is 220 cm³/mol. The average Bonchev–Trinajstić information content (AvgIpc) is 3.69. The van der Waals surface area contributed by atoms with Gasteiger partial charge in [-0.25, -0.2) is 0 Å². The van der Waals surface area contributed by atoms with Crippen LogP contribution in [0.4, 0.5) is 0 Å². The van der Waals surface area contributed by atoms with Gasteiger partial charge in [-0.3, -0.25) is 0 Å². The van der Waals surface area contributed by atoms with Crippen molar-refractivity contribution in [1.29, 1.82) is 0 Å². The maximum atomic E-state index is 6.22. The van der Waals surface area contributed by atoms with Gasteiger partial charge in [-0.2, -0.15) is 0 Å². The highest BCUT2D eigenvalue weighted by atomic mass is 16.3. The lowest BCUT2D eigenvalue weighted by Gasteiger charge is -2.22. The van der Waals surface area contributed by atoms with Crippen molar-refractivity contribution in [3.05, 3.63) is 181 Å². The van der Waals surface area contributed by atoms with Crippen molar-refractivity contribution in [3.63, 3.8) is 0 Å². The lowest BCUT2D eigenvalue weighted by molar-refractivity contribution is 0.660. The smallest absolute Gasteiger partial charge is 0.136 e. The Balaban J connectivity index is 1.10. The van der Waals surface area contributed by atoms with Gasteiger partial charge in [-0.05, 0) is 118 Å². The van der Waals surface area contributed by atoms with Crippen LogP contribution in [0.1, 0.15) is 25.0 Å². The number of benzene rings is 9. The van der Waals surface area contributed by atoms with Crippen molar-refractivity contribution in [3.8, 4) is 44.5 Å². The fourth-order valence-electron chi connectivity index (χ4n) is 9.20. The standard InChI is InChI=1S/C51H34O/c1-51(2)44-20-9-7-14-37(44)38-26-22-32(30-45(38)51)31-12-11-13-34(28-31)48-39-15-3-5-17-41(39)49(42-18-6-4-16-40(42)48)35-23-25-36-33(29-35)24-27-47-50(36)43-19-8-10-21-46(43)52-47/h3-30H,1-2H3. The van der Waals surface area contributed by atoms with Gasteiger partial charge in [0.15, 0.2) is 0 Å². The zero-order valence-electron chi connectivity index (χ0n) is 29.1. The third-order valence-electron chi connectivity index (χ3n) is 11.6. The molecule has 1 heterocycles. The molecule has 0 saturated heterocycles. The minimum Gasteiger partial charge on any atom is -0.456 e. The van der Waals surface area contributed by atoms with Crippen molar-refractivity contribution in [2.24, 2.45) is 0 Å². The van der Waals surface area contributed by atoms with E-state index in [1.807, 2.05) is 6.07 Å². The van der Waals surface area contributed by atoms with E-state index in [9.17, 15) is 0 Å². The molecule has 0 aliphatic heterocycles. The van der Waals surface area contributed by atoms with E-state index < -0.39 is 0 Å². The highest BCUT2D eigenvalue weighted by Crippen LogP contribution is 2.50. The van der Waals surface area contributed by atoms with E-state index in [-0.39, 0.29) is 5.41 Å². The number of para-hydroxylation sites is 1. The number of furan rings is 1. The fourth-order valence-corrected chi connectivity index (χ4v) is 9.20. The molecule has 0 radical (unpaired) electrons. The van der Waals surface area contributed by atoms with E-state index in [4.69, 9.17) is 4.42 Å². The van der Waals surface area contributed by atoms with Gasteiger partial charge in [-0.15, -0.1) is 0 Å².